The Morgan fingerprint density at radius 2 is 1.88 bits per heavy atom. The monoisotopic (exact) mass is 485 g/mol. The average molecular weight is 487 g/mol. The molecule has 3 aromatic carbocycles. The van der Waals surface area contributed by atoms with Crippen molar-refractivity contribution in [3.8, 4) is 11.5 Å². The van der Waals surface area contributed by atoms with Gasteiger partial charge in [-0.15, -0.1) is 0 Å². The summed E-state index contributed by atoms with van der Waals surface area (Å²) in [6, 6.07) is 14.7. The van der Waals surface area contributed by atoms with Crippen molar-refractivity contribution in [1.82, 2.24) is 4.90 Å². The van der Waals surface area contributed by atoms with Gasteiger partial charge in [0.15, 0.2) is 5.76 Å². The lowest BCUT2D eigenvalue weighted by atomic mass is 9.98. The number of carbonyl (C=O) groups is 1. The summed E-state index contributed by atoms with van der Waals surface area (Å²) in [6.45, 7) is 3.43. The molecule has 162 valence electrons. The van der Waals surface area contributed by atoms with E-state index in [9.17, 15) is 4.79 Å². The van der Waals surface area contributed by atoms with E-state index in [1.54, 1.807) is 18.2 Å². The van der Waals surface area contributed by atoms with Crippen LogP contribution in [0.4, 0.5) is 0 Å². The Labute approximate surface area is 200 Å². The number of allylic oxidation sites excluding steroid dienone is 1. The van der Waals surface area contributed by atoms with Crippen LogP contribution < -0.4 is 9.47 Å². The molecule has 0 spiro atoms. The molecule has 0 fully saturated rings. The molecule has 0 bridgehead atoms. The number of Topliss-reactive ketones (excluding diaryl/α,β-unsaturated/α-hetero) is 1. The number of hydrogen-bond donors (Lipinski definition) is 0. The molecule has 0 radical (unpaired) electrons. The van der Waals surface area contributed by atoms with Gasteiger partial charge >= 0.3 is 0 Å². The molecule has 0 N–H and O–H groups in total. The number of benzene rings is 3. The van der Waals surface area contributed by atoms with E-state index in [0.29, 0.717) is 46.2 Å². The minimum absolute atomic E-state index is 0.155. The predicted molar refractivity (Wildman–Crippen MR) is 127 cm³/mol. The van der Waals surface area contributed by atoms with Crippen LogP contribution in [0.1, 0.15) is 32.6 Å². The summed E-state index contributed by atoms with van der Waals surface area (Å²) in [5.41, 5.74) is 3.91. The van der Waals surface area contributed by atoms with Gasteiger partial charge in [-0.1, -0.05) is 59.1 Å². The van der Waals surface area contributed by atoms with Gasteiger partial charge in [-0.3, -0.25) is 9.69 Å². The highest BCUT2D eigenvalue weighted by Crippen LogP contribution is 2.44. The fraction of sp³-hybridized carbons (Fsp3) is 0.160. The first-order chi connectivity index (χ1) is 15.4. The molecule has 0 saturated heterocycles. The van der Waals surface area contributed by atoms with Gasteiger partial charge in [-0.2, -0.15) is 0 Å². The summed E-state index contributed by atoms with van der Waals surface area (Å²) < 4.78 is 12.1. The number of aryl methyl sites for hydroxylation is 1. The molecule has 0 amide bonds. The number of ether oxygens (including phenoxy) is 2. The highest BCUT2D eigenvalue weighted by atomic mass is 35.5. The van der Waals surface area contributed by atoms with E-state index in [2.05, 4.69) is 4.90 Å². The molecule has 0 saturated carbocycles. The third-order valence-corrected chi connectivity index (χ3v) is 6.52. The summed E-state index contributed by atoms with van der Waals surface area (Å²) in [6.07, 6.45) is 1.69. The largest absolute Gasteiger partial charge is 0.478 e. The molecule has 0 aliphatic carbocycles. The van der Waals surface area contributed by atoms with Crippen LogP contribution in [-0.2, 0) is 13.1 Å². The van der Waals surface area contributed by atoms with Crippen LogP contribution in [0, 0.1) is 6.92 Å². The van der Waals surface area contributed by atoms with Crippen molar-refractivity contribution in [2.75, 3.05) is 6.73 Å². The Bertz CT molecular complexity index is 1290. The third kappa shape index (κ3) is 3.89. The smallest absolute Gasteiger partial charge is 0.232 e. The van der Waals surface area contributed by atoms with E-state index in [4.69, 9.17) is 44.3 Å². The number of ketones is 1. The molecule has 0 unspecified atom stereocenters. The second-order valence-electron chi connectivity index (χ2n) is 7.83. The van der Waals surface area contributed by atoms with Gasteiger partial charge in [0.25, 0.3) is 0 Å². The molecule has 5 rings (SSSR count). The maximum Gasteiger partial charge on any atom is 0.232 e. The Balaban J connectivity index is 1.47. The van der Waals surface area contributed by atoms with Crippen LogP contribution in [0.3, 0.4) is 0 Å². The van der Waals surface area contributed by atoms with Crippen molar-refractivity contribution in [3.05, 3.63) is 97.2 Å². The number of nitrogens with zero attached hydrogens (tertiary/aromatic N) is 1. The summed E-state index contributed by atoms with van der Waals surface area (Å²) >= 11 is 18.6. The fourth-order valence-electron chi connectivity index (χ4n) is 4.00. The maximum absolute atomic E-state index is 13.1. The summed E-state index contributed by atoms with van der Waals surface area (Å²) in [5, 5.41) is 1.76. The van der Waals surface area contributed by atoms with E-state index in [1.165, 1.54) is 0 Å². The van der Waals surface area contributed by atoms with Crippen LogP contribution in [0.5, 0.6) is 11.5 Å². The zero-order chi connectivity index (χ0) is 22.4. The Hall–Kier alpha value is -2.50. The van der Waals surface area contributed by atoms with Crippen molar-refractivity contribution in [1.29, 1.82) is 0 Å². The molecule has 0 aromatic heterocycles. The maximum atomic E-state index is 13.1. The van der Waals surface area contributed by atoms with E-state index in [1.807, 2.05) is 43.3 Å². The van der Waals surface area contributed by atoms with Gasteiger partial charge in [0.05, 0.1) is 11.1 Å². The van der Waals surface area contributed by atoms with Crippen molar-refractivity contribution < 1.29 is 14.3 Å². The van der Waals surface area contributed by atoms with E-state index < -0.39 is 0 Å². The van der Waals surface area contributed by atoms with Gasteiger partial charge in [-0.25, -0.2) is 0 Å². The molecule has 2 heterocycles. The zero-order valence-corrected chi connectivity index (χ0v) is 19.4. The highest BCUT2D eigenvalue weighted by Gasteiger charge is 2.35. The molecule has 4 nitrogen and oxygen atoms in total. The fourth-order valence-corrected chi connectivity index (χ4v) is 4.66. The van der Waals surface area contributed by atoms with Crippen LogP contribution in [0.25, 0.3) is 6.08 Å². The Morgan fingerprint density at radius 3 is 2.66 bits per heavy atom. The van der Waals surface area contributed by atoms with Crippen LogP contribution in [0.15, 0.2) is 54.3 Å². The first-order valence-electron chi connectivity index (χ1n) is 10.0. The number of carbonyl (C=O) groups excluding carboxylic acids is 1. The number of rotatable bonds is 3. The lowest BCUT2D eigenvalue weighted by Crippen LogP contribution is -2.32. The number of hydrogen-bond acceptors (Lipinski definition) is 4. The van der Waals surface area contributed by atoms with Crippen LogP contribution in [-0.4, -0.2) is 17.4 Å². The van der Waals surface area contributed by atoms with Gasteiger partial charge in [0.1, 0.15) is 18.2 Å². The second kappa shape index (κ2) is 8.45. The molecular formula is C25H18Cl3NO3. The van der Waals surface area contributed by atoms with Crippen LogP contribution in [0.2, 0.25) is 15.1 Å². The molecule has 0 atom stereocenters. The average Bonchev–Trinajstić information content (AvgIpc) is 3.09. The van der Waals surface area contributed by atoms with Crippen molar-refractivity contribution in [2.24, 2.45) is 0 Å². The van der Waals surface area contributed by atoms with Gasteiger partial charge in [-0.05, 0) is 54.0 Å². The van der Waals surface area contributed by atoms with Crippen molar-refractivity contribution in [2.45, 2.75) is 20.0 Å². The zero-order valence-electron chi connectivity index (χ0n) is 17.1. The molecular weight excluding hydrogens is 469 g/mol. The van der Waals surface area contributed by atoms with Crippen molar-refractivity contribution >= 4 is 46.7 Å². The summed E-state index contributed by atoms with van der Waals surface area (Å²) in [7, 11) is 0. The minimum atomic E-state index is -0.155. The first kappa shape index (κ1) is 21.4. The quantitative estimate of drug-likeness (QED) is 0.377. The second-order valence-corrected chi connectivity index (χ2v) is 9.08. The number of halogens is 3. The normalized spacial score (nSPS) is 16.5. The number of fused-ring (bicyclic) bond motifs is 3. The van der Waals surface area contributed by atoms with Gasteiger partial charge in [0.2, 0.25) is 5.78 Å². The van der Waals surface area contributed by atoms with Gasteiger partial charge in [0, 0.05) is 28.2 Å². The molecule has 3 aromatic rings. The highest BCUT2D eigenvalue weighted by molar-refractivity contribution is 6.35. The van der Waals surface area contributed by atoms with E-state index in [0.717, 1.165) is 28.0 Å². The molecule has 2 aliphatic rings. The first-order valence-corrected chi connectivity index (χ1v) is 11.2. The lowest BCUT2D eigenvalue weighted by Gasteiger charge is -2.30. The summed E-state index contributed by atoms with van der Waals surface area (Å²) in [5.74, 6) is 1.38. The van der Waals surface area contributed by atoms with E-state index >= 15 is 0 Å². The SMILES string of the molecule is Cc1cc2c(c3c1C(=O)/C(=C/c1ccccc1Cl)O3)CN(Cc1ccc(Cl)cc1Cl)CO2. The standard InChI is InChI=1S/C25H18Cl3NO3/c1-14-8-21-18(12-29(13-31-21)11-16-6-7-17(26)10-20(16)28)25-23(14)24(30)22(32-25)9-15-4-2-3-5-19(15)27/h2-10H,11-13H2,1H3/b22-9-. The molecule has 2 aliphatic heterocycles. The Morgan fingerprint density at radius 1 is 1.06 bits per heavy atom. The lowest BCUT2D eigenvalue weighted by molar-refractivity contribution is 0.0872. The summed E-state index contributed by atoms with van der Waals surface area (Å²) in [4.78, 5) is 15.2. The Kier molecular flexibility index (Phi) is 5.64. The minimum Gasteiger partial charge on any atom is -0.478 e. The third-order valence-electron chi connectivity index (χ3n) is 5.59. The van der Waals surface area contributed by atoms with Crippen LogP contribution >= 0.6 is 34.8 Å². The molecule has 32 heavy (non-hydrogen) atoms. The topological polar surface area (TPSA) is 38.8 Å². The molecule has 7 heteroatoms. The van der Waals surface area contributed by atoms with Crippen molar-refractivity contribution in [3.63, 3.8) is 0 Å². The predicted octanol–water partition coefficient (Wildman–Crippen LogP) is 6.92. The van der Waals surface area contributed by atoms with E-state index in [-0.39, 0.29) is 11.5 Å². The van der Waals surface area contributed by atoms with Gasteiger partial charge < -0.3 is 9.47 Å².